The zero-order valence-corrected chi connectivity index (χ0v) is 8.87. The smallest absolute Gasteiger partial charge is 0.191 e. The van der Waals surface area contributed by atoms with E-state index < -0.39 is 17.7 Å². The number of hydrogen-bond donors (Lipinski definition) is 0. The third-order valence-corrected chi connectivity index (χ3v) is 2.45. The molecule has 0 bridgehead atoms. The molecule has 0 heterocycles. The fraction of sp³-hybridized carbons (Fsp3) is 0.333. The molecule has 0 aliphatic carbocycles. The third kappa shape index (κ3) is 2.48. The van der Waals surface area contributed by atoms with Gasteiger partial charge in [-0.1, -0.05) is 34.1 Å². The summed E-state index contributed by atoms with van der Waals surface area (Å²) in [5.74, 6) is -4.80. The zero-order chi connectivity index (χ0) is 11.7. The van der Waals surface area contributed by atoms with Crippen molar-refractivity contribution in [2.75, 3.05) is 0 Å². The highest BCUT2D eigenvalue weighted by Gasteiger charge is 2.58. The maximum atomic E-state index is 12.8. The molecule has 6 heteroatoms. The van der Waals surface area contributed by atoms with E-state index in [-0.39, 0.29) is 5.33 Å². The van der Waals surface area contributed by atoms with Crippen LogP contribution in [0.15, 0.2) is 24.3 Å². The van der Waals surface area contributed by atoms with Gasteiger partial charge in [-0.25, -0.2) is 0 Å². The molecule has 0 aliphatic rings. The predicted octanol–water partition coefficient (Wildman–Crippen LogP) is 4.24. The normalized spacial score (nSPS) is 12.9. The van der Waals surface area contributed by atoms with Crippen LogP contribution in [-0.4, -0.2) is 6.18 Å². The summed E-state index contributed by atoms with van der Waals surface area (Å²) < 4.78 is 61.7. The van der Waals surface area contributed by atoms with Crippen LogP contribution in [0.25, 0.3) is 0 Å². The van der Waals surface area contributed by atoms with Crippen LogP contribution in [-0.2, 0) is 11.3 Å². The van der Waals surface area contributed by atoms with Crippen molar-refractivity contribution in [3.05, 3.63) is 35.4 Å². The Kier molecular flexibility index (Phi) is 3.38. The Morgan fingerprint density at radius 3 is 2.13 bits per heavy atom. The molecule has 15 heavy (non-hydrogen) atoms. The Hall–Kier alpha value is -0.650. The number of rotatable bonds is 2. The van der Waals surface area contributed by atoms with Gasteiger partial charge in [-0.2, -0.15) is 22.0 Å². The standard InChI is InChI=1S/C9H6BrF5/c10-5-6-2-1-3-7(4-6)8(11,12)9(13,14)15/h1-4H,5H2. The lowest BCUT2D eigenvalue weighted by atomic mass is 10.1. The molecule has 0 aromatic heterocycles. The summed E-state index contributed by atoms with van der Waals surface area (Å²) in [6, 6.07) is 4.23. The lowest BCUT2D eigenvalue weighted by molar-refractivity contribution is -0.289. The van der Waals surface area contributed by atoms with Crippen LogP contribution in [0.1, 0.15) is 11.1 Å². The van der Waals surface area contributed by atoms with Gasteiger partial charge in [-0.15, -0.1) is 0 Å². The fourth-order valence-electron chi connectivity index (χ4n) is 1.01. The summed E-state index contributed by atoms with van der Waals surface area (Å²) in [5.41, 5.74) is -0.664. The van der Waals surface area contributed by atoms with Crippen LogP contribution < -0.4 is 0 Å². The summed E-state index contributed by atoms with van der Waals surface area (Å²) in [6.45, 7) is 0. The monoisotopic (exact) mass is 288 g/mol. The first kappa shape index (κ1) is 12.4. The average molecular weight is 289 g/mol. The zero-order valence-electron chi connectivity index (χ0n) is 7.28. The summed E-state index contributed by atoms with van der Waals surface area (Å²) >= 11 is 2.98. The highest BCUT2D eigenvalue weighted by Crippen LogP contribution is 2.43. The quantitative estimate of drug-likeness (QED) is 0.564. The first-order chi connectivity index (χ1) is 6.79. The van der Waals surface area contributed by atoms with E-state index in [1.165, 1.54) is 12.1 Å². The average Bonchev–Trinajstić information content (AvgIpc) is 2.16. The maximum absolute atomic E-state index is 12.8. The van der Waals surface area contributed by atoms with Crippen LogP contribution in [0.3, 0.4) is 0 Å². The van der Waals surface area contributed by atoms with Crippen LogP contribution in [0, 0.1) is 0 Å². The Morgan fingerprint density at radius 2 is 1.67 bits per heavy atom. The van der Waals surface area contributed by atoms with E-state index in [1.54, 1.807) is 0 Å². The van der Waals surface area contributed by atoms with Crippen LogP contribution in [0.2, 0.25) is 0 Å². The molecular weight excluding hydrogens is 283 g/mol. The van der Waals surface area contributed by atoms with E-state index in [4.69, 9.17) is 0 Å². The molecule has 0 aliphatic heterocycles. The van der Waals surface area contributed by atoms with Crippen LogP contribution in [0.4, 0.5) is 22.0 Å². The third-order valence-electron chi connectivity index (χ3n) is 1.80. The van der Waals surface area contributed by atoms with Crippen molar-refractivity contribution in [3.63, 3.8) is 0 Å². The van der Waals surface area contributed by atoms with E-state index in [0.717, 1.165) is 12.1 Å². The Balaban J connectivity index is 3.15. The molecule has 0 spiro atoms. The molecule has 0 fully saturated rings. The van der Waals surface area contributed by atoms with Crippen molar-refractivity contribution in [2.24, 2.45) is 0 Å². The lowest BCUT2D eigenvalue weighted by Gasteiger charge is -2.20. The van der Waals surface area contributed by atoms with Crippen molar-refractivity contribution in [1.29, 1.82) is 0 Å². The van der Waals surface area contributed by atoms with Gasteiger partial charge in [0.15, 0.2) is 0 Å². The Bertz CT molecular complexity index is 345. The minimum atomic E-state index is -5.56. The minimum Gasteiger partial charge on any atom is -0.191 e. The number of benzene rings is 1. The van der Waals surface area contributed by atoms with Crippen LogP contribution in [0.5, 0.6) is 0 Å². The minimum absolute atomic E-state index is 0.231. The molecule has 1 aromatic rings. The topological polar surface area (TPSA) is 0 Å². The molecule has 1 aromatic carbocycles. The molecule has 0 amide bonds. The fourth-order valence-corrected chi connectivity index (χ4v) is 1.36. The second-order valence-electron chi connectivity index (χ2n) is 2.91. The molecule has 0 nitrogen and oxygen atoms in total. The SMILES string of the molecule is FC(F)(F)C(F)(F)c1cccc(CBr)c1. The Morgan fingerprint density at radius 1 is 1.07 bits per heavy atom. The van der Waals surface area contributed by atoms with Gasteiger partial charge in [0.2, 0.25) is 0 Å². The molecule has 84 valence electrons. The molecule has 0 unspecified atom stereocenters. The number of hydrogen-bond acceptors (Lipinski definition) is 0. The molecular formula is C9H6BrF5. The largest absolute Gasteiger partial charge is 0.458 e. The van der Waals surface area contributed by atoms with Crippen molar-refractivity contribution >= 4 is 15.9 Å². The summed E-state index contributed by atoms with van der Waals surface area (Å²) in [7, 11) is 0. The highest BCUT2D eigenvalue weighted by atomic mass is 79.9. The van der Waals surface area contributed by atoms with Gasteiger partial charge in [0.1, 0.15) is 0 Å². The lowest BCUT2D eigenvalue weighted by Crippen LogP contribution is -2.33. The second-order valence-corrected chi connectivity index (χ2v) is 3.47. The van der Waals surface area contributed by atoms with Gasteiger partial charge in [-0.05, 0) is 11.6 Å². The molecule has 0 saturated heterocycles. The van der Waals surface area contributed by atoms with Gasteiger partial charge in [0, 0.05) is 10.9 Å². The molecule has 0 radical (unpaired) electrons. The van der Waals surface area contributed by atoms with Gasteiger partial charge in [0.05, 0.1) is 0 Å². The van der Waals surface area contributed by atoms with Gasteiger partial charge in [-0.3, -0.25) is 0 Å². The molecule has 0 atom stereocenters. The number of alkyl halides is 6. The van der Waals surface area contributed by atoms with E-state index in [9.17, 15) is 22.0 Å². The van der Waals surface area contributed by atoms with Gasteiger partial charge >= 0.3 is 12.1 Å². The van der Waals surface area contributed by atoms with Crippen molar-refractivity contribution < 1.29 is 22.0 Å². The molecule has 0 N–H and O–H groups in total. The van der Waals surface area contributed by atoms with Crippen molar-refractivity contribution in [3.8, 4) is 0 Å². The Labute approximate surface area is 91.2 Å². The van der Waals surface area contributed by atoms with E-state index >= 15 is 0 Å². The summed E-state index contributed by atoms with van der Waals surface area (Å²) in [4.78, 5) is 0. The second kappa shape index (κ2) is 4.08. The van der Waals surface area contributed by atoms with E-state index in [1.807, 2.05) is 0 Å². The van der Waals surface area contributed by atoms with Crippen molar-refractivity contribution in [1.82, 2.24) is 0 Å². The number of halogens is 6. The first-order valence-corrected chi connectivity index (χ1v) is 5.01. The van der Waals surface area contributed by atoms with E-state index in [2.05, 4.69) is 15.9 Å². The highest BCUT2D eigenvalue weighted by molar-refractivity contribution is 9.08. The van der Waals surface area contributed by atoms with E-state index in [0.29, 0.717) is 5.56 Å². The molecule has 0 saturated carbocycles. The molecule has 1 rings (SSSR count). The van der Waals surface area contributed by atoms with Crippen LogP contribution >= 0.6 is 15.9 Å². The summed E-state index contributed by atoms with van der Waals surface area (Å²) in [6.07, 6.45) is -5.56. The maximum Gasteiger partial charge on any atom is 0.458 e. The van der Waals surface area contributed by atoms with Gasteiger partial charge < -0.3 is 0 Å². The van der Waals surface area contributed by atoms with Crippen molar-refractivity contribution in [2.45, 2.75) is 17.4 Å². The predicted molar refractivity (Wildman–Crippen MR) is 49.0 cm³/mol. The van der Waals surface area contributed by atoms with Gasteiger partial charge in [0.25, 0.3) is 0 Å². The first-order valence-electron chi connectivity index (χ1n) is 3.89. The summed E-state index contributed by atoms with van der Waals surface area (Å²) in [5, 5.41) is 0.231.